The van der Waals surface area contributed by atoms with E-state index in [1.54, 1.807) is 11.8 Å². The first-order valence-electron chi connectivity index (χ1n) is 7.45. The minimum Gasteiger partial charge on any atom is -0.340 e. The topological polar surface area (TPSA) is 82.8 Å². The van der Waals surface area contributed by atoms with Crippen molar-refractivity contribution in [3.8, 4) is 0 Å². The molecule has 0 atom stereocenters. The highest BCUT2D eigenvalue weighted by molar-refractivity contribution is 5.79. The molecular formula is C14H23N5O3. The van der Waals surface area contributed by atoms with Crippen LogP contribution in [0.15, 0.2) is 4.52 Å². The summed E-state index contributed by atoms with van der Waals surface area (Å²) >= 11 is 0. The molecule has 1 saturated heterocycles. The predicted octanol–water partition coefficient (Wildman–Crippen LogP) is -0.457. The standard InChI is InChI=1S/C14H23N5O3/c1-11-15-12(16-22-11)10-14(21)19-8-6-18(7-9-19)13(20)4-5-17(2)3/h4-10H2,1-3H3. The van der Waals surface area contributed by atoms with Gasteiger partial charge in [-0.25, -0.2) is 0 Å². The van der Waals surface area contributed by atoms with E-state index in [1.807, 2.05) is 23.9 Å². The third-order valence-corrected chi connectivity index (χ3v) is 3.64. The van der Waals surface area contributed by atoms with Gasteiger partial charge < -0.3 is 19.2 Å². The van der Waals surface area contributed by atoms with Crippen LogP contribution >= 0.6 is 0 Å². The normalized spacial score (nSPS) is 15.5. The van der Waals surface area contributed by atoms with Crippen LogP contribution in [0, 0.1) is 6.92 Å². The number of hydrogen-bond donors (Lipinski definition) is 0. The molecule has 0 N–H and O–H groups in total. The molecule has 0 radical (unpaired) electrons. The van der Waals surface area contributed by atoms with Crippen LogP contribution in [0.4, 0.5) is 0 Å². The molecule has 2 heterocycles. The van der Waals surface area contributed by atoms with Gasteiger partial charge >= 0.3 is 0 Å². The number of amides is 2. The van der Waals surface area contributed by atoms with Gasteiger partial charge in [0.25, 0.3) is 0 Å². The van der Waals surface area contributed by atoms with Crippen LogP contribution in [-0.4, -0.2) is 83.5 Å². The molecule has 0 aromatic carbocycles. The number of nitrogens with zero attached hydrogens (tertiary/aromatic N) is 5. The van der Waals surface area contributed by atoms with Crippen molar-refractivity contribution in [2.75, 3.05) is 46.8 Å². The van der Waals surface area contributed by atoms with E-state index in [1.165, 1.54) is 0 Å². The van der Waals surface area contributed by atoms with E-state index in [-0.39, 0.29) is 18.2 Å². The fourth-order valence-corrected chi connectivity index (χ4v) is 2.34. The second kappa shape index (κ2) is 7.35. The lowest BCUT2D eigenvalue weighted by molar-refractivity contribution is -0.139. The first kappa shape index (κ1) is 16.4. The molecule has 0 aliphatic carbocycles. The van der Waals surface area contributed by atoms with Crippen LogP contribution < -0.4 is 0 Å². The Kier molecular flexibility index (Phi) is 5.48. The van der Waals surface area contributed by atoms with Gasteiger partial charge in [0.05, 0.1) is 6.42 Å². The summed E-state index contributed by atoms with van der Waals surface area (Å²) in [6, 6.07) is 0. The maximum Gasteiger partial charge on any atom is 0.230 e. The Hall–Kier alpha value is -1.96. The molecule has 2 rings (SSSR count). The molecule has 0 spiro atoms. The molecule has 8 heteroatoms. The molecule has 8 nitrogen and oxygen atoms in total. The Balaban J connectivity index is 1.76. The van der Waals surface area contributed by atoms with Crippen molar-refractivity contribution in [2.45, 2.75) is 19.8 Å². The zero-order valence-electron chi connectivity index (χ0n) is 13.4. The Morgan fingerprint density at radius 3 is 2.23 bits per heavy atom. The minimum atomic E-state index is -0.0267. The molecule has 2 amide bonds. The molecule has 1 aliphatic rings. The highest BCUT2D eigenvalue weighted by Crippen LogP contribution is 2.07. The fourth-order valence-electron chi connectivity index (χ4n) is 2.34. The second-order valence-corrected chi connectivity index (χ2v) is 5.72. The highest BCUT2D eigenvalue weighted by atomic mass is 16.5. The molecule has 0 bridgehead atoms. The summed E-state index contributed by atoms with van der Waals surface area (Å²) < 4.78 is 4.86. The van der Waals surface area contributed by atoms with Crippen molar-refractivity contribution in [3.63, 3.8) is 0 Å². The van der Waals surface area contributed by atoms with Gasteiger partial charge in [0.2, 0.25) is 17.7 Å². The third kappa shape index (κ3) is 4.52. The lowest BCUT2D eigenvalue weighted by atomic mass is 10.2. The van der Waals surface area contributed by atoms with E-state index in [4.69, 9.17) is 4.52 Å². The molecule has 22 heavy (non-hydrogen) atoms. The van der Waals surface area contributed by atoms with Gasteiger partial charge in [-0.2, -0.15) is 4.98 Å². The monoisotopic (exact) mass is 309 g/mol. The summed E-state index contributed by atoms with van der Waals surface area (Å²) in [5.74, 6) is 0.988. The number of carbonyl (C=O) groups excluding carboxylic acids is 2. The Morgan fingerprint density at radius 1 is 1.14 bits per heavy atom. The molecular weight excluding hydrogens is 286 g/mol. The number of carbonyl (C=O) groups is 2. The number of hydrogen-bond acceptors (Lipinski definition) is 6. The van der Waals surface area contributed by atoms with Crippen LogP contribution in [0.25, 0.3) is 0 Å². The molecule has 122 valence electrons. The summed E-state index contributed by atoms with van der Waals surface area (Å²) in [5, 5.41) is 3.73. The van der Waals surface area contributed by atoms with Crippen molar-refractivity contribution >= 4 is 11.8 Å². The second-order valence-electron chi connectivity index (χ2n) is 5.72. The maximum atomic E-state index is 12.2. The van der Waals surface area contributed by atoms with Crippen molar-refractivity contribution < 1.29 is 14.1 Å². The fraction of sp³-hybridized carbons (Fsp3) is 0.714. The van der Waals surface area contributed by atoms with Crippen LogP contribution in [-0.2, 0) is 16.0 Å². The zero-order valence-corrected chi connectivity index (χ0v) is 13.4. The number of rotatable bonds is 5. The Bertz CT molecular complexity index is 520. The van der Waals surface area contributed by atoms with E-state index < -0.39 is 0 Å². The van der Waals surface area contributed by atoms with Crippen molar-refractivity contribution in [3.05, 3.63) is 11.7 Å². The lowest BCUT2D eigenvalue weighted by Crippen LogP contribution is -2.51. The summed E-state index contributed by atoms with van der Waals surface area (Å²) in [5.41, 5.74) is 0. The van der Waals surface area contributed by atoms with Gasteiger partial charge in [-0.15, -0.1) is 0 Å². The van der Waals surface area contributed by atoms with Crippen molar-refractivity contribution in [2.24, 2.45) is 0 Å². The minimum absolute atomic E-state index is 0.0267. The smallest absolute Gasteiger partial charge is 0.230 e. The summed E-state index contributed by atoms with van der Waals surface area (Å²) in [7, 11) is 3.90. The van der Waals surface area contributed by atoms with Crippen molar-refractivity contribution in [1.29, 1.82) is 0 Å². The zero-order chi connectivity index (χ0) is 16.1. The molecule has 1 aromatic heterocycles. The van der Waals surface area contributed by atoms with Crippen LogP contribution in [0.2, 0.25) is 0 Å². The van der Waals surface area contributed by atoms with E-state index in [9.17, 15) is 9.59 Å². The quantitative estimate of drug-likeness (QED) is 0.732. The molecule has 1 fully saturated rings. The van der Waals surface area contributed by atoms with Gasteiger partial charge in [0.1, 0.15) is 0 Å². The molecule has 0 saturated carbocycles. The average molecular weight is 309 g/mol. The molecule has 1 aliphatic heterocycles. The number of aromatic nitrogens is 2. The SMILES string of the molecule is Cc1nc(CC(=O)N2CCN(C(=O)CCN(C)C)CC2)no1. The largest absolute Gasteiger partial charge is 0.340 e. The van der Waals surface area contributed by atoms with Crippen molar-refractivity contribution in [1.82, 2.24) is 24.8 Å². The van der Waals surface area contributed by atoms with Gasteiger partial charge in [0.15, 0.2) is 5.82 Å². The van der Waals surface area contributed by atoms with E-state index >= 15 is 0 Å². The summed E-state index contributed by atoms with van der Waals surface area (Å²) in [4.78, 5) is 33.8. The Labute approximate surface area is 130 Å². The van der Waals surface area contributed by atoms with E-state index in [2.05, 4.69) is 10.1 Å². The van der Waals surface area contributed by atoms with E-state index in [0.29, 0.717) is 44.3 Å². The Morgan fingerprint density at radius 2 is 1.73 bits per heavy atom. The van der Waals surface area contributed by atoms with Gasteiger partial charge in [-0.1, -0.05) is 5.16 Å². The first-order chi connectivity index (χ1) is 10.5. The number of piperazine rings is 1. The highest BCUT2D eigenvalue weighted by Gasteiger charge is 2.24. The lowest BCUT2D eigenvalue weighted by Gasteiger charge is -2.34. The number of aryl methyl sites for hydroxylation is 1. The average Bonchev–Trinajstić information content (AvgIpc) is 2.90. The predicted molar refractivity (Wildman–Crippen MR) is 79.1 cm³/mol. The van der Waals surface area contributed by atoms with Gasteiger partial charge in [-0.3, -0.25) is 9.59 Å². The van der Waals surface area contributed by atoms with Gasteiger partial charge in [0, 0.05) is 46.1 Å². The van der Waals surface area contributed by atoms with Crippen LogP contribution in [0.3, 0.4) is 0 Å². The van der Waals surface area contributed by atoms with E-state index in [0.717, 1.165) is 6.54 Å². The summed E-state index contributed by atoms with van der Waals surface area (Å²) in [6.07, 6.45) is 0.662. The third-order valence-electron chi connectivity index (χ3n) is 3.64. The van der Waals surface area contributed by atoms with Gasteiger partial charge in [-0.05, 0) is 14.1 Å². The molecule has 1 aromatic rings. The first-order valence-corrected chi connectivity index (χ1v) is 7.45. The summed E-state index contributed by atoms with van der Waals surface area (Å²) in [6.45, 7) is 4.73. The van der Waals surface area contributed by atoms with Crippen LogP contribution in [0.1, 0.15) is 18.1 Å². The van der Waals surface area contributed by atoms with Crippen LogP contribution in [0.5, 0.6) is 0 Å². The maximum absolute atomic E-state index is 12.2. The molecule has 0 unspecified atom stereocenters.